The molecule has 6 heteroatoms. The van der Waals surface area contributed by atoms with E-state index in [1.165, 1.54) is 11.3 Å². The van der Waals surface area contributed by atoms with Crippen molar-refractivity contribution in [1.29, 1.82) is 0 Å². The molecule has 2 aromatic heterocycles. The maximum atomic E-state index is 13.1. The number of nitrogens with zero attached hydrogens (tertiary/aromatic N) is 1. The molecule has 0 saturated carbocycles. The smallest absolute Gasteiger partial charge is 0.296 e. The molecule has 2 aromatic carbocycles. The van der Waals surface area contributed by atoms with E-state index in [9.17, 15) is 14.7 Å². The molecule has 1 fully saturated rings. The lowest BCUT2D eigenvalue weighted by Gasteiger charge is -2.24. The molecule has 5 rings (SSSR count). The van der Waals surface area contributed by atoms with Crippen molar-refractivity contribution in [3.05, 3.63) is 97.9 Å². The Hall–Kier alpha value is -3.22. The average molecular weight is 446 g/mol. The maximum absolute atomic E-state index is 13.1. The van der Waals surface area contributed by atoms with Gasteiger partial charge in [0.05, 0.1) is 12.1 Å². The third-order valence-corrected chi connectivity index (χ3v) is 7.55. The first-order chi connectivity index (χ1) is 15.0. The summed E-state index contributed by atoms with van der Waals surface area (Å²) in [5, 5.41) is 17.2. The van der Waals surface area contributed by atoms with Crippen molar-refractivity contribution in [2.24, 2.45) is 0 Å². The molecule has 3 heterocycles. The van der Waals surface area contributed by atoms with Crippen LogP contribution in [0.4, 0.5) is 0 Å². The highest BCUT2D eigenvalue weighted by molar-refractivity contribution is 7.10. The number of thiophene rings is 2. The Balaban J connectivity index is 1.67. The van der Waals surface area contributed by atoms with E-state index in [1.807, 2.05) is 72.3 Å². The normalized spacial score (nSPS) is 18.2. The molecular weight excluding hydrogens is 426 g/mol. The summed E-state index contributed by atoms with van der Waals surface area (Å²) in [6, 6.07) is 18.7. The van der Waals surface area contributed by atoms with Gasteiger partial charge in [0.1, 0.15) is 11.8 Å². The minimum Gasteiger partial charge on any atom is -0.507 e. The molecule has 0 bridgehead atoms. The van der Waals surface area contributed by atoms with Crippen molar-refractivity contribution in [3.63, 3.8) is 0 Å². The van der Waals surface area contributed by atoms with Gasteiger partial charge in [0.25, 0.3) is 11.7 Å². The Morgan fingerprint density at radius 1 is 0.968 bits per heavy atom. The third-order valence-electron chi connectivity index (χ3n) is 5.62. The minimum atomic E-state index is -0.639. The van der Waals surface area contributed by atoms with E-state index in [1.54, 1.807) is 22.3 Å². The van der Waals surface area contributed by atoms with Gasteiger partial charge in [-0.25, -0.2) is 0 Å². The van der Waals surface area contributed by atoms with Gasteiger partial charge in [-0.1, -0.05) is 42.5 Å². The summed E-state index contributed by atoms with van der Waals surface area (Å²) >= 11 is 3.04. The molecule has 1 aliphatic heterocycles. The average Bonchev–Trinajstić information content (AvgIpc) is 3.50. The number of fused-ring (bicyclic) bond motifs is 1. The van der Waals surface area contributed by atoms with Gasteiger partial charge in [0.2, 0.25) is 0 Å². The zero-order chi connectivity index (χ0) is 21.5. The largest absolute Gasteiger partial charge is 0.507 e. The molecular formula is C25H19NO3S2. The lowest BCUT2D eigenvalue weighted by Crippen LogP contribution is -2.28. The standard InChI is InChI=1S/C25H19NO3S2/c1-15-10-12-31-24(15)21-20(23(28)25(29)26(21)14-19-7-4-11-30-19)22(27)18-9-8-16-5-2-3-6-17(16)13-18/h2-13,21,27H,14H2,1H3/b22-20-. The van der Waals surface area contributed by atoms with E-state index >= 15 is 0 Å². The Bertz CT molecular complexity index is 1330. The number of aryl methyl sites for hydroxylation is 1. The molecule has 0 spiro atoms. The highest BCUT2D eigenvalue weighted by Gasteiger charge is 2.47. The number of hydrogen-bond donors (Lipinski definition) is 1. The molecule has 31 heavy (non-hydrogen) atoms. The van der Waals surface area contributed by atoms with Crippen molar-refractivity contribution in [2.45, 2.75) is 19.5 Å². The first kappa shape index (κ1) is 19.7. The molecule has 1 N–H and O–H groups in total. The van der Waals surface area contributed by atoms with Gasteiger partial charge in [-0.05, 0) is 52.2 Å². The second-order valence-corrected chi connectivity index (χ2v) is 9.52. The number of rotatable bonds is 4. The predicted molar refractivity (Wildman–Crippen MR) is 125 cm³/mol. The van der Waals surface area contributed by atoms with Crippen molar-refractivity contribution in [1.82, 2.24) is 4.90 Å². The van der Waals surface area contributed by atoms with Gasteiger partial charge in [-0.15, -0.1) is 22.7 Å². The number of aliphatic hydroxyl groups is 1. The molecule has 1 amide bonds. The number of carbonyl (C=O) groups excluding carboxylic acids is 2. The SMILES string of the molecule is Cc1ccsc1C1/C(=C(/O)c2ccc3ccccc3c2)C(=O)C(=O)N1Cc1cccs1. The zero-order valence-corrected chi connectivity index (χ0v) is 18.4. The van der Waals surface area contributed by atoms with Crippen molar-refractivity contribution < 1.29 is 14.7 Å². The van der Waals surface area contributed by atoms with E-state index in [2.05, 4.69) is 0 Å². The lowest BCUT2D eigenvalue weighted by atomic mass is 9.97. The second kappa shape index (κ2) is 7.80. The molecule has 4 nitrogen and oxygen atoms in total. The van der Waals surface area contributed by atoms with Crippen LogP contribution >= 0.6 is 22.7 Å². The molecule has 1 atom stereocenters. The number of aliphatic hydroxyl groups excluding tert-OH is 1. The molecule has 154 valence electrons. The summed E-state index contributed by atoms with van der Waals surface area (Å²) in [5.41, 5.74) is 1.69. The van der Waals surface area contributed by atoms with Crippen LogP contribution in [0.2, 0.25) is 0 Å². The number of likely N-dealkylation sites (tertiary alicyclic amines) is 1. The lowest BCUT2D eigenvalue weighted by molar-refractivity contribution is -0.140. The van der Waals surface area contributed by atoms with E-state index in [4.69, 9.17) is 0 Å². The van der Waals surface area contributed by atoms with Crippen LogP contribution in [-0.2, 0) is 16.1 Å². The molecule has 1 aliphatic rings. The van der Waals surface area contributed by atoms with Crippen LogP contribution in [0.15, 0.2) is 77.0 Å². The van der Waals surface area contributed by atoms with Crippen LogP contribution in [0.3, 0.4) is 0 Å². The summed E-state index contributed by atoms with van der Waals surface area (Å²) in [7, 11) is 0. The van der Waals surface area contributed by atoms with Gasteiger partial charge in [-0.3, -0.25) is 9.59 Å². The quantitative estimate of drug-likeness (QED) is 0.242. The van der Waals surface area contributed by atoms with E-state index in [0.29, 0.717) is 12.1 Å². The highest BCUT2D eigenvalue weighted by Crippen LogP contribution is 2.43. The highest BCUT2D eigenvalue weighted by atomic mass is 32.1. The minimum absolute atomic E-state index is 0.129. The number of benzene rings is 2. The topological polar surface area (TPSA) is 57.6 Å². The molecule has 0 radical (unpaired) electrons. The van der Waals surface area contributed by atoms with Crippen LogP contribution in [0, 0.1) is 6.92 Å². The van der Waals surface area contributed by atoms with Gasteiger partial charge >= 0.3 is 0 Å². The summed E-state index contributed by atoms with van der Waals surface area (Å²) < 4.78 is 0. The van der Waals surface area contributed by atoms with E-state index in [-0.39, 0.29) is 11.3 Å². The van der Waals surface area contributed by atoms with Gasteiger partial charge in [0.15, 0.2) is 0 Å². The van der Waals surface area contributed by atoms with Gasteiger partial charge in [-0.2, -0.15) is 0 Å². The molecule has 0 aliphatic carbocycles. The summed E-state index contributed by atoms with van der Waals surface area (Å²) in [6.45, 7) is 2.30. The second-order valence-electron chi connectivity index (χ2n) is 7.54. The summed E-state index contributed by atoms with van der Waals surface area (Å²) in [4.78, 5) is 29.7. The van der Waals surface area contributed by atoms with Crippen LogP contribution < -0.4 is 0 Å². The maximum Gasteiger partial charge on any atom is 0.296 e. The van der Waals surface area contributed by atoms with E-state index in [0.717, 1.165) is 26.1 Å². The van der Waals surface area contributed by atoms with Crippen molar-refractivity contribution in [3.8, 4) is 0 Å². The van der Waals surface area contributed by atoms with Crippen LogP contribution in [0.5, 0.6) is 0 Å². The zero-order valence-electron chi connectivity index (χ0n) is 16.7. The summed E-state index contributed by atoms with van der Waals surface area (Å²) in [6.07, 6.45) is 0. The van der Waals surface area contributed by atoms with E-state index < -0.39 is 17.7 Å². The first-order valence-corrected chi connectivity index (χ1v) is 11.6. The van der Waals surface area contributed by atoms with Gasteiger partial charge < -0.3 is 10.0 Å². The Labute approximate surface area is 187 Å². The monoisotopic (exact) mass is 445 g/mol. The van der Waals surface area contributed by atoms with Crippen molar-refractivity contribution in [2.75, 3.05) is 0 Å². The Kier molecular flexibility index (Phi) is 4.96. The fourth-order valence-corrected chi connectivity index (χ4v) is 5.79. The molecule has 1 unspecified atom stereocenters. The Morgan fingerprint density at radius 3 is 2.48 bits per heavy atom. The van der Waals surface area contributed by atoms with Crippen LogP contribution in [0.25, 0.3) is 16.5 Å². The third kappa shape index (κ3) is 3.38. The molecule has 4 aromatic rings. The molecule has 1 saturated heterocycles. The number of ketones is 1. The van der Waals surface area contributed by atoms with Gasteiger partial charge in [0, 0.05) is 15.3 Å². The number of Topliss-reactive ketones (excluding diaryl/α,β-unsaturated/α-hetero) is 1. The van der Waals surface area contributed by atoms with Crippen LogP contribution in [0.1, 0.15) is 26.9 Å². The van der Waals surface area contributed by atoms with Crippen LogP contribution in [-0.4, -0.2) is 21.7 Å². The van der Waals surface area contributed by atoms with Crippen molar-refractivity contribution >= 4 is 50.9 Å². The first-order valence-electron chi connectivity index (χ1n) is 9.88. The number of carbonyl (C=O) groups is 2. The number of hydrogen-bond acceptors (Lipinski definition) is 5. The summed E-state index contributed by atoms with van der Waals surface area (Å²) in [5.74, 6) is -1.34. The fraction of sp³-hybridized carbons (Fsp3) is 0.120. The fourth-order valence-electron chi connectivity index (χ4n) is 4.04. The number of amides is 1. The predicted octanol–water partition coefficient (Wildman–Crippen LogP) is 5.89. The Morgan fingerprint density at radius 2 is 1.77 bits per heavy atom.